The third-order valence-electron chi connectivity index (χ3n) is 2.65. The van der Waals surface area contributed by atoms with Gasteiger partial charge in [0.1, 0.15) is 10.8 Å². The van der Waals surface area contributed by atoms with Crippen LogP contribution in [-0.4, -0.2) is 9.97 Å². The van der Waals surface area contributed by atoms with Crippen LogP contribution < -0.4 is 5.32 Å². The van der Waals surface area contributed by atoms with E-state index < -0.39 is 0 Å². The summed E-state index contributed by atoms with van der Waals surface area (Å²) in [4.78, 5) is 7.88. The maximum atomic E-state index is 6.01. The summed E-state index contributed by atoms with van der Waals surface area (Å²) >= 11 is 11.8. The highest BCUT2D eigenvalue weighted by atomic mass is 35.5. The van der Waals surface area contributed by atoms with Crippen molar-refractivity contribution in [2.24, 2.45) is 0 Å². The molecule has 0 saturated heterocycles. The minimum atomic E-state index is 0.0917. The number of hydrogen-bond donors (Lipinski definition) is 1. The maximum Gasteiger partial charge on any atom is 0.224 e. The van der Waals surface area contributed by atoms with Crippen LogP contribution in [0, 0.1) is 6.92 Å². The topological polar surface area (TPSA) is 37.8 Å². The molecule has 18 heavy (non-hydrogen) atoms. The van der Waals surface area contributed by atoms with Gasteiger partial charge in [0.2, 0.25) is 5.28 Å². The molecule has 1 unspecified atom stereocenters. The van der Waals surface area contributed by atoms with Crippen molar-refractivity contribution in [3.63, 3.8) is 0 Å². The van der Waals surface area contributed by atoms with Crippen LogP contribution >= 0.6 is 23.2 Å². The second-order valence-electron chi connectivity index (χ2n) is 4.11. The van der Waals surface area contributed by atoms with Gasteiger partial charge in [-0.25, -0.2) is 4.98 Å². The summed E-state index contributed by atoms with van der Waals surface area (Å²) in [6, 6.07) is 8.38. The van der Waals surface area contributed by atoms with Crippen LogP contribution in [0.4, 0.5) is 5.82 Å². The zero-order chi connectivity index (χ0) is 13.1. The Hall–Kier alpha value is -1.32. The first kappa shape index (κ1) is 13.1. The molecule has 5 heteroatoms. The number of aromatic nitrogens is 2. The van der Waals surface area contributed by atoms with E-state index in [2.05, 4.69) is 46.5 Å². The van der Waals surface area contributed by atoms with Gasteiger partial charge in [0.25, 0.3) is 0 Å². The van der Waals surface area contributed by atoms with Crippen LogP contribution in [0.5, 0.6) is 0 Å². The summed E-state index contributed by atoms with van der Waals surface area (Å²) in [5.41, 5.74) is 2.39. The van der Waals surface area contributed by atoms with Gasteiger partial charge in [-0.15, -0.1) is 0 Å². The Morgan fingerprint density at radius 1 is 1.17 bits per heavy atom. The number of aryl methyl sites for hydroxylation is 1. The quantitative estimate of drug-likeness (QED) is 0.854. The van der Waals surface area contributed by atoms with Crippen molar-refractivity contribution in [3.05, 3.63) is 51.9 Å². The molecular weight excluding hydrogens is 269 g/mol. The van der Waals surface area contributed by atoms with E-state index >= 15 is 0 Å². The SMILES string of the molecule is Cc1ccc(C(C)Nc2nc(Cl)ncc2Cl)cc1. The summed E-state index contributed by atoms with van der Waals surface area (Å²) in [5, 5.41) is 3.85. The molecule has 0 fully saturated rings. The molecule has 0 saturated carbocycles. The monoisotopic (exact) mass is 281 g/mol. The number of rotatable bonds is 3. The predicted molar refractivity (Wildman–Crippen MR) is 75.3 cm³/mol. The van der Waals surface area contributed by atoms with E-state index in [4.69, 9.17) is 23.2 Å². The second kappa shape index (κ2) is 5.55. The molecule has 1 heterocycles. The normalized spacial score (nSPS) is 12.2. The molecule has 0 aliphatic heterocycles. The van der Waals surface area contributed by atoms with Crippen molar-refractivity contribution in [2.75, 3.05) is 5.32 Å². The van der Waals surface area contributed by atoms with Gasteiger partial charge in [-0.05, 0) is 31.0 Å². The van der Waals surface area contributed by atoms with Gasteiger partial charge < -0.3 is 5.32 Å². The Kier molecular flexibility index (Phi) is 4.04. The smallest absolute Gasteiger partial charge is 0.224 e. The first-order valence-corrected chi connectivity index (χ1v) is 6.33. The van der Waals surface area contributed by atoms with Crippen LogP contribution in [0.15, 0.2) is 30.5 Å². The Morgan fingerprint density at radius 3 is 2.50 bits per heavy atom. The van der Waals surface area contributed by atoms with Gasteiger partial charge in [0.05, 0.1) is 6.20 Å². The fourth-order valence-corrected chi connectivity index (χ4v) is 1.87. The Bertz CT molecular complexity index is 540. The largest absolute Gasteiger partial charge is 0.362 e. The molecule has 2 rings (SSSR count). The molecule has 0 spiro atoms. The predicted octanol–water partition coefficient (Wildman–Crippen LogP) is 4.26. The summed E-state index contributed by atoms with van der Waals surface area (Å²) in [7, 11) is 0. The zero-order valence-corrected chi connectivity index (χ0v) is 11.6. The molecule has 0 aliphatic carbocycles. The minimum absolute atomic E-state index is 0.0917. The van der Waals surface area contributed by atoms with Crippen molar-refractivity contribution in [2.45, 2.75) is 19.9 Å². The minimum Gasteiger partial charge on any atom is -0.362 e. The van der Waals surface area contributed by atoms with Gasteiger partial charge >= 0.3 is 0 Å². The van der Waals surface area contributed by atoms with Crippen LogP contribution in [0.2, 0.25) is 10.3 Å². The average Bonchev–Trinajstić information content (AvgIpc) is 2.34. The fraction of sp³-hybridized carbons (Fsp3) is 0.231. The summed E-state index contributed by atoms with van der Waals surface area (Å²) in [6.07, 6.45) is 1.49. The lowest BCUT2D eigenvalue weighted by Gasteiger charge is -2.16. The van der Waals surface area contributed by atoms with E-state index in [-0.39, 0.29) is 11.3 Å². The highest BCUT2D eigenvalue weighted by molar-refractivity contribution is 6.33. The lowest BCUT2D eigenvalue weighted by Crippen LogP contribution is -2.08. The van der Waals surface area contributed by atoms with Gasteiger partial charge in [-0.3, -0.25) is 0 Å². The molecule has 1 N–H and O–H groups in total. The van der Waals surface area contributed by atoms with Crippen LogP contribution in [-0.2, 0) is 0 Å². The summed E-state index contributed by atoms with van der Waals surface area (Å²) < 4.78 is 0. The molecule has 1 aromatic carbocycles. The van der Waals surface area contributed by atoms with E-state index in [1.807, 2.05) is 6.92 Å². The first-order valence-electron chi connectivity index (χ1n) is 5.57. The van der Waals surface area contributed by atoms with Crippen molar-refractivity contribution < 1.29 is 0 Å². The molecule has 1 aromatic heterocycles. The molecule has 0 amide bonds. The van der Waals surface area contributed by atoms with Crippen molar-refractivity contribution in [1.29, 1.82) is 0 Å². The van der Waals surface area contributed by atoms with Crippen molar-refractivity contribution in [3.8, 4) is 0 Å². The number of benzene rings is 1. The van der Waals surface area contributed by atoms with Crippen LogP contribution in [0.25, 0.3) is 0 Å². The van der Waals surface area contributed by atoms with Crippen LogP contribution in [0.3, 0.4) is 0 Å². The number of nitrogens with zero attached hydrogens (tertiary/aromatic N) is 2. The molecule has 1 atom stereocenters. The van der Waals surface area contributed by atoms with Gasteiger partial charge in [0, 0.05) is 6.04 Å². The average molecular weight is 282 g/mol. The fourth-order valence-electron chi connectivity index (χ4n) is 1.59. The number of halogens is 2. The number of hydrogen-bond acceptors (Lipinski definition) is 3. The third-order valence-corrected chi connectivity index (χ3v) is 3.10. The number of nitrogens with one attached hydrogen (secondary N) is 1. The lowest BCUT2D eigenvalue weighted by atomic mass is 10.1. The highest BCUT2D eigenvalue weighted by Gasteiger charge is 2.09. The van der Waals surface area contributed by atoms with Gasteiger partial charge in [0.15, 0.2) is 0 Å². The van der Waals surface area contributed by atoms with E-state index in [1.54, 1.807) is 0 Å². The first-order chi connectivity index (χ1) is 8.56. The molecule has 0 bridgehead atoms. The summed E-state index contributed by atoms with van der Waals surface area (Å²) in [6.45, 7) is 4.10. The van der Waals surface area contributed by atoms with Crippen molar-refractivity contribution in [1.82, 2.24) is 9.97 Å². The Balaban J connectivity index is 2.18. The molecular formula is C13H13Cl2N3. The van der Waals surface area contributed by atoms with Crippen LogP contribution in [0.1, 0.15) is 24.1 Å². The van der Waals surface area contributed by atoms with E-state index in [1.165, 1.54) is 11.8 Å². The summed E-state index contributed by atoms with van der Waals surface area (Å²) in [5.74, 6) is 0.546. The van der Waals surface area contributed by atoms with Crippen molar-refractivity contribution >= 4 is 29.0 Å². The zero-order valence-electron chi connectivity index (χ0n) is 10.1. The Morgan fingerprint density at radius 2 is 1.83 bits per heavy atom. The second-order valence-corrected chi connectivity index (χ2v) is 4.86. The Labute approximate surface area is 116 Å². The lowest BCUT2D eigenvalue weighted by molar-refractivity contribution is 0.871. The van der Waals surface area contributed by atoms with E-state index in [0.717, 1.165) is 5.56 Å². The van der Waals surface area contributed by atoms with E-state index in [9.17, 15) is 0 Å². The number of anilines is 1. The van der Waals surface area contributed by atoms with Gasteiger partial charge in [-0.1, -0.05) is 41.4 Å². The molecule has 0 aliphatic rings. The standard InChI is InChI=1S/C13H13Cl2N3/c1-8-3-5-10(6-4-8)9(2)17-12-11(14)7-16-13(15)18-12/h3-7,9H,1-2H3,(H,16,17,18). The molecule has 94 valence electrons. The molecule has 2 aromatic rings. The molecule has 0 radical (unpaired) electrons. The molecule has 3 nitrogen and oxygen atoms in total. The maximum absolute atomic E-state index is 6.01. The third kappa shape index (κ3) is 3.12. The highest BCUT2D eigenvalue weighted by Crippen LogP contribution is 2.24. The van der Waals surface area contributed by atoms with E-state index in [0.29, 0.717) is 10.8 Å². The van der Waals surface area contributed by atoms with Gasteiger partial charge in [-0.2, -0.15) is 4.98 Å².